The number of ketones is 1. The molecule has 1 saturated heterocycles. The van der Waals surface area contributed by atoms with Crippen LogP contribution in [0.3, 0.4) is 0 Å². The molecule has 1 aliphatic heterocycles. The number of ether oxygens (including phenoxy) is 1. The van der Waals surface area contributed by atoms with Crippen LogP contribution in [0.15, 0.2) is 42.5 Å². The molecule has 3 aliphatic rings. The number of carbonyl (C=O) groups excluding carboxylic acids is 1. The van der Waals surface area contributed by atoms with Crippen molar-refractivity contribution in [2.45, 2.75) is 71.1 Å². The number of phenols is 1. The molecule has 1 fully saturated rings. The minimum absolute atomic E-state index is 0.000988. The van der Waals surface area contributed by atoms with Crippen molar-refractivity contribution in [3.63, 3.8) is 0 Å². The summed E-state index contributed by atoms with van der Waals surface area (Å²) in [4.78, 5) is 15.9. The van der Waals surface area contributed by atoms with E-state index in [4.69, 9.17) is 4.74 Å². The monoisotopic (exact) mass is 473 g/mol. The van der Waals surface area contributed by atoms with Crippen LogP contribution in [0, 0.1) is 5.41 Å². The van der Waals surface area contributed by atoms with E-state index in [0.29, 0.717) is 12.2 Å². The minimum atomic E-state index is -0.000988. The minimum Gasteiger partial charge on any atom is -0.508 e. The number of unbranched alkanes of at least 4 members (excludes halogenated alkanes) is 1. The molecule has 0 radical (unpaired) electrons. The van der Waals surface area contributed by atoms with E-state index in [2.05, 4.69) is 24.0 Å². The second-order valence-corrected chi connectivity index (χ2v) is 10.7. The van der Waals surface area contributed by atoms with E-state index >= 15 is 0 Å². The Kier molecular flexibility index (Phi) is 7.29. The lowest BCUT2D eigenvalue weighted by Gasteiger charge is -2.36. The number of Topliss-reactive ketones (excluding diaryl/α,β-unsaturated/α-hetero) is 1. The number of fused-ring (bicyclic) bond motifs is 3. The third kappa shape index (κ3) is 5.04. The number of phenolic OH excluding ortho intramolecular Hbond substituents is 1. The Morgan fingerprint density at radius 2 is 1.83 bits per heavy atom. The standard InChI is InChI=1S/C31H39NO3/c1-2-3-15-31-16-14-28(34)29(30(31)27-13-10-25(33)21-24(27)22-31)23-8-11-26(12-9-23)35-20-7-19-32-17-5-4-6-18-32/h8-13,21,33H,2-7,14-20,22H2,1H3. The van der Waals surface area contributed by atoms with Gasteiger partial charge in [-0.1, -0.05) is 44.4 Å². The van der Waals surface area contributed by atoms with Crippen molar-refractivity contribution in [3.05, 3.63) is 59.2 Å². The van der Waals surface area contributed by atoms with Crippen molar-refractivity contribution in [2.75, 3.05) is 26.2 Å². The Morgan fingerprint density at radius 1 is 1.03 bits per heavy atom. The summed E-state index contributed by atoms with van der Waals surface area (Å²) in [5.74, 6) is 1.42. The molecule has 2 aliphatic carbocycles. The number of benzene rings is 2. The molecule has 1 atom stereocenters. The lowest BCUT2D eigenvalue weighted by atomic mass is 9.66. The predicted molar refractivity (Wildman–Crippen MR) is 142 cm³/mol. The van der Waals surface area contributed by atoms with E-state index in [0.717, 1.165) is 74.1 Å². The quantitative estimate of drug-likeness (QED) is 0.414. The average molecular weight is 474 g/mol. The van der Waals surface area contributed by atoms with Gasteiger partial charge in [-0.15, -0.1) is 0 Å². The van der Waals surface area contributed by atoms with Gasteiger partial charge in [0.15, 0.2) is 5.78 Å². The van der Waals surface area contributed by atoms with Crippen molar-refractivity contribution in [1.29, 1.82) is 0 Å². The lowest BCUT2D eigenvalue weighted by molar-refractivity contribution is -0.114. The Labute approximate surface area is 210 Å². The molecule has 1 N–H and O–H groups in total. The highest BCUT2D eigenvalue weighted by molar-refractivity contribution is 6.30. The Balaban J connectivity index is 1.37. The molecule has 186 valence electrons. The molecule has 4 nitrogen and oxygen atoms in total. The summed E-state index contributed by atoms with van der Waals surface area (Å²) in [5, 5.41) is 10.1. The summed E-state index contributed by atoms with van der Waals surface area (Å²) in [5.41, 5.74) is 5.42. The fourth-order valence-electron chi connectivity index (χ4n) is 6.48. The third-order valence-electron chi connectivity index (χ3n) is 8.26. The van der Waals surface area contributed by atoms with Crippen LogP contribution in [-0.2, 0) is 11.2 Å². The van der Waals surface area contributed by atoms with Crippen molar-refractivity contribution < 1.29 is 14.6 Å². The first-order valence-corrected chi connectivity index (χ1v) is 13.7. The van der Waals surface area contributed by atoms with Gasteiger partial charge in [-0.05, 0) is 98.1 Å². The number of likely N-dealkylation sites (tertiary alicyclic amines) is 1. The van der Waals surface area contributed by atoms with E-state index in [9.17, 15) is 9.90 Å². The van der Waals surface area contributed by atoms with Gasteiger partial charge in [0.05, 0.1) is 6.61 Å². The predicted octanol–water partition coefficient (Wildman–Crippen LogP) is 6.65. The van der Waals surface area contributed by atoms with E-state index in [1.807, 2.05) is 24.3 Å². The topological polar surface area (TPSA) is 49.8 Å². The molecule has 4 heteroatoms. The zero-order chi connectivity index (χ0) is 24.3. The lowest BCUT2D eigenvalue weighted by Crippen LogP contribution is -2.31. The molecule has 0 amide bonds. The number of aromatic hydroxyl groups is 1. The van der Waals surface area contributed by atoms with E-state index < -0.39 is 0 Å². The SMILES string of the molecule is CCCCC12CCC(=O)C(c3ccc(OCCCN4CCCCC4)cc3)=C1c1ccc(O)cc1C2. The van der Waals surface area contributed by atoms with Crippen LogP contribution in [0.1, 0.15) is 81.4 Å². The maximum Gasteiger partial charge on any atom is 0.163 e. The number of nitrogens with zero attached hydrogens (tertiary/aromatic N) is 1. The maximum absolute atomic E-state index is 13.3. The maximum atomic E-state index is 13.3. The third-order valence-corrected chi connectivity index (χ3v) is 8.26. The summed E-state index contributed by atoms with van der Waals surface area (Å²) in [6.45, 7) is 6.51. The molecule has 0 bridgehead atoms. The second kappa shape index (κ2) is 10.6. The van der Waals surface area contributed by atoms with E-state index in [1.165, 1.54) is 43.5 Å². The van der Waals surface area contributed by atoms with Gasteiger partial charge in [-0.2, -0.15) is 0 Å². The van der Waals surface area contributed by atoms with E-state index in [-0.39, 0.29) is 11.2 Å². The smallest absolute Gasteiger partial charge is 0.163 e. The van der Waals surface area contributed by atoms with Gasteiger partial charge in [0.1, 0.15) is 11.5 Å². The Hall–Kier alpha value is -2.59. The largest absolute Gasteiger partial charge is 0.508 e. The van der Waals surface area contributed by atoms with Gasteiger partial charge in [-0.3, -0.25) is 4.79 Å². The van der Waals surface area contributed by atoms with Crippen LogP contribution >= 0.6 is 0 Å². The zero-order valence-electron chi connectivity index (χ0n) is 21.2. The van der Waals surface area contributed by atoms with Crippen molar-refractivity contribution in [3.8, 4) is 11.5 Å². The average Bonchev–Trinajstić information content (AvgIpc) is 3.20. The highest BCUT2D eigenvalue weighted by Crippen LogP contribution is 2.58. The zero-order valence-corrected chi connectivity index (χ0v) is 21.2. The molecule has 2 aromatic rings. The Morgan fingerprint density at radius 3 is 2.60 bits per heavy atom. The van der Waals surface area contributed by atoms with E-state index in [1.54, 1.807) is 6.07 Å². The number of hydrogen-bond acceptors (Lipinski definition) is 4. The summed E-state index contributed by atoms with van der Waals surface area (Å²) in [6, 6.07) is 13.9. The van der Waals surface area contributed by atoms with Crippen LogP contribution in [-0.4, -0.2) is 42.0 Å². The number of carbonyl (C=O) groups is 1. The molecule has 0 aromatic heterocycles. The van der Waals surface area contributed by atoms with Gasteiger partial charge >= 0.3 is 0 Å². The summed E-state index contributed by atoms with van der Waals surface area (Å²) >= 11 is 0. The highest BCUT2D eigenvalue weighted by Gasteiger charge is 2.46. The molecule has 5 rings (SSSR count). The molecular formula is C31H39NO3. The summed E-state index contributed by atoms with van der Waals surface area (Å²) < 4.78 is 6.04. The molecule has 1 unspecified atom stereocenters. The molecular weight excluding hydrogens is 434 g/mol. The van der Waals surface area contributed by atoms with Crippen LogP contribution < -0.4 is 4.74 Å². The van der Waals surface area contributed by atoms with Crippen LogP contribution in [0.5, 0.6) is 11.5 Å². The molecule has 35 heavy (non-hydrogen) atoms. The summed E-state index contributed by atoms with van der Waals surface area (Å²) in [6.07, 6.45) is 10.8. The number of rotatable bonds is 9. The van der Waals surface area contributed by atoms with Gasteiger partial charge in [-0.25, -0.2) is 0 Å². The molecule has 2 aromatic carbocycles. The van der Waals surface area contributed by atoms with Crippen molar-refractivity contribution in [1.82, 2.24) is 4.90 Å². The normalized spacial score (nSPS) is 22.3. The van der Waals surface area contributed by atoms with Crippen molar-refractivity contribution in [2.24, 2.45) is 5.41 Å². The first-order chi connectivity index (χ1) is 17.1. The number of piperidine rings is 1. The molecule has 0 spiro atoms. The van der Waals surface area contributed by atoms with Crippen LogP contribution in [0.25, 0.3) is 11.1 Å². The first kappa shape index (κ1) is 24.1. The highest BCUT2D eigenvalue weighted by atomic mass is 16.5. The fraction of sp³-hybridized carbons (Fsp3) is 0.516. The second-order valence-electron chi connectivity index (χ2n) is 10.7. The Bertz CT molecular complexity index is 1080. The van der Waals surface area contributed by atoms with Gasteiger partial charge < -0.3 is 14.7 Å². The fourth-order valence-corrected chi connectivity index (χ4v) is 6.48. The van der Waals surface area contributed by atoms with Gasteiger partial charge in [0.25, 0.3) is 0 Å². The first-order valence-electron chi connectivity index (χ1n) is 13.7. The summed E-state index contributed by atoms with van der Waals surface area (Å²) in [7, 11) is 0. The van der Waals surface area contributed by atoms with Crippen molar-refractivity contribution >= 4 is 16.9 Å². The number of hydrogen-bond donors (Lipinski definition) is 1. The van der Waals surface area contributed by atoms with Gasteiger partial charge in [0, 0.05) is 24.0 Å². The molecule has 1 heterocycles. The van der Waals surface area contributed by atoms with Gasteiger partial charge in [0.2, 0.25) is 0 Å². The molecule has 0 saturated carbocycles. The van der Waals surface area contributed by atoms with Crippen LogP contribution in [0.2, 0.25) is 0 Å². The van der Waals surface area contributed by atoms with Crippen LogP contribution in [0.4, 0.5) is 0 Å². The number of allylic oxidation sites excluding steroid dienone is 2.